The van der Waals surface area contributed by atoms with Crippen molar-refractivity contribution in [2.75, 3.05) is 13.2 Å². The molecule has 0 spiro atoms. The number of fused-ring (bicyclic) bond motifs is 1. The van der Waals surface area contributed by atoms with Crippen molar-refractivity contribution in [3.63, 3.8) is 0 Å². The Hall–Kier alpha value is -1.16. The van der Waals surface area contributed by atoms with E-state index in [9.17, 15) is 0 Å². The Labute approximate surface area is 118 Å². The van der Waals surface area contributed by atoms with E-state index in [2.05, 4.69) is 49.4 Å². The molecule has 0 saturated heterocycles. The van der Waals surface area contributed by atoms with Crippen LogP contribution < -0.4 is 0 Å². The topological polar surface area (TPSA) is 18.5 Å². The summed E-state index contributed by atoms with van der Waals surface area (Å²) in [7, 11) is -0.589. The molecule has 2 nitrogen and oxygen atoms in total. The van der Waals surface area contributed by atoms with Crippen molar-refractivity contribution >= 4 is 20.8 Å². The maximum atomic E-state index is 4.99. The molecule has 2 aromatic rings. The Morgan fingerprint density at radius 2 is 1.47 bits per heavy atom. The second-order valence-corrected chi connectivity index (χ2v) is 5.15. The lowest BCUT2D eigenvalue weighted by Crippen LogP contribution is -2.02. The van der Waals surface area contributed by atoms with Crippen molar-refractivity contribution in [3.05, 3.63) is 48.0 Å². The SMILES string of the molecule is CCO[SiH2]OCC.CCc1cccc2ccccc12. The number of hydrogen-bond acceptors (Lipinski definition) is 2. The molecule has 0 aromatic heterocycles. The van der Waals surface area contributed by atoms with Crippen LogP contribution in [0.2, 0.25) is 0 Å². The Morgan fingerprint density at radius 1 is 0.842 bits per heavy atom. The summed E-state index contributed by atoms with van der Waals surface area (Å²) in [4.78, 5) is 0. The smallest absolute Gasteiger partial charge is 0.304 e. The first-order valence-corrected chi connectivity index (χ1v) is 8.11. The fourth-order valence-corrected chi connectivity index (χ4v) is 2.28. The van der Waals surface area contributed by atoms with Crippen molar-refractivity contribution in [1.29, 1.82) is 0 Å². The lowest BCUT2D eigenvalue weighted by molar-refractivity contribution is 0.240. The van der Waals surface area contributed by atoms with Gasteiger partial charge in [-0.3, -0.25) is 0 Å². The van der Waals surface area contributed by atoms with Crippen molar-refractivity contribution in [2.45, 2.75) is 27.2 Å². The van der Waals surface area contributed by atoms with Gasteiger partial charge in [-0.05, 0) is 36.6 Å². The summed E-state index contributed by atoms with van der Waals surface area (Å²) in [6, 6.07) is 15.0. The number of hydrogen-bond donors (Lipinski definition) is 0. The highest BCUT2D eigenvalue weighted by Crippen LogP contribution is 2.18. The van der Waals surface area contributed by atoms with Crippen LogP contribution in [0.15, 0.2) is 42.5 Å². The molecule has 2 aromatic carbocycles. The maximum Gasteiger partial charge on any atom is 0.304 e. The zero-order valence-electron chi connectivity index (χ0n) is 12.2. The molecule has 104 valence electrons. The van der Waals surface area contributed by atoms with Gasteiger partial charge in [0.2, 0.25) is 0 Å². The third kappa shape index (κ3) is 5.55. The van der Waals surface area contributed by atoms with Gasteiger partial charge in [-0.25, -0.2) is 0 Å². The van der Waals surface area contributed by atoms with Gasteiger partial charge in [-0.1, -0.05) is 49.4 Å². The summed E-state index contributed by atoms with van der Waals surface area (Å²) in [6.07, 6.45) is 1.11. The average molecular weight is 276 g/mol. The molecule has 0 aliphatic carbocycles. The molecular formula is C16H24O2Si. The first-order valence-electron chi connectivity index (χ1n) is 6.95. The Kier molecular flexibility index (Phi) is 8.14. The minimum Gasteiger partial charge on any atom is -0.399 e. The Bertz CT molecular complexity index is 462. The molecule has 0 amide bonds. The fourth-order valence-electron chi connectivity index (χ4n) is 1.83. The highest BCUT2D eigenvalue weighted by Gasteiger charge is 1.95. The fraction of sp³-hybridized carbons (Fsp3) is 0.375. The van der Waals surface area contributed by atoms with Crippen LogP contribution in [0, 0.1) is 0 Å². The van der Waals surface area contributed by atoms with Gasteiger partial charge in [0, 0.05) is 13.2 Å². The van der Waals surface area contributed by atoms with Crippen LogP contribution in [0.4, 0.5) is 0 Å². The molecule has 19 heavy (non-hydrogen) atoms. The van der Waals surface area contributed by atoms with Gasteiger partial charge in [-0.2, -0.15) is 0 Å². The first-order chi connectivity index (χ1) is 9.33. The Balaban J connectivity index is 0.000000224. The van der Waals surface area contributed by atoms with E-state index in [0.717, 1.165) is 19.6 Å². The molecule has 0 saturated carbocycles. The van der Waals surface area contributed by atoms with Crippen LogP contribution >= 0.6 is 0 Å². The molecule has 0 fully saturated rings. The van der Waals surface area contributed by atoms with Gasteiger partial charge in [0.15, 0.2) is 0 Å². The Morgan fingerprint density at radius 3 is 2.11 bits per heavy atom. The second-order valence-electron chi connectivity index (χ2n) is 4.10. The van der Waals surface area contributed by atoms with E-state index < -0.39 is 10.0 Å². The lowest BCUT2D eigenvalue weighted by atomic mass is 10.0. The zero-order valence-corrected chi connectivity index (χ0v) is 13.6. The van der Waals surface area contributed by atoms with Gasteiger partial charge in [0.25, 0.3) is 0 Å². The monoisotopic (exact) mass is 276 g/mol. The standard InChI is InChI=1S/C12H12.C4H12O2Si/c1-2-10-7-5-8-11-6-3-4-9-12(10)11;1-3-5-7-6-4-2/h3-9H,2H2,1H3;3-4,7H2,1-2H3. The zero-order chi connectivity index (χ0) is 13.9. The molecule has 0 aliphatic heterocycles. The molecule has 0 radical (unpaired) electrons. The number of rotatable bonds is 5. The van der Waals surface area contributed by atoms with E-state index in [4.69, 9.17) is 8.85 Å². The molecule has 0 atom stereocenters. The highest BCUT2D eigenvalue weighted by atomic mass is 28.3. The average Bonchev–Trinajstić information content (AvgIpc) is 2.48. The van der Waals surface area contributed by atoms with Gasteiger partial charge < -0.3 is 8.85 Å². The van der Waals surface area contributed by atoms with Gasteiger partial charge >= 0.3 is 10.0 Å². The first kappa shape index (κ1) is 15.9. The quantitative estimate of drug-likeness (QED) is 0.615. The van der Waals surface area contributed by atoms with Crippen molar-refractivity contribution in [2.24, 2.45) is 0 Å². The van der Waals surface area contributed by atoms with Gasteiger partial charge in [-0.15, -0.1) is 0 Å². The third-order valence-corrected chi connectivity index (χ3v) is 3.99. The minimum atomic E-state index is -0.589. The van der Waals surface area contributed by atoms with E-state index >= 15 is 0 Å². The summed E-state index contributed by atoms with van der Waals surface area (Å²) in [5, 5.41) is 2.74. The van der Waals surface area contributed by atoms with Crippen molar-refractivity contribution in [1.82, 2.24) is 0 Å². The largest absolute Gasteiger partial charge is 0.399 e. The molecular weight excluding hydrogens is 252 g/mol. The highest BCUT2D eigenvalue weighted by molar-refractivity contribution is 6.17. The number of aryl methyl sites for hydroxylation is 1. The molecule has 0 heterocycles. The van der Waals surface area contributed by atoms with E-state index in [1.165, 1.54) is 16.3 Å². The third-order valence-electron chi connectivity index (χ3n) is 2.84. The lowest BCUT2D eigenvalue weighted by Gasteiger charge is -2.02. The summed E-state index contributed by atoms with van der Waals surface area (Å²) in [5.41, 5.74) is 1.44. The van der Waals surface area contributed by atoms with E-state index in [-0.39, 0.29) is 0 Å². The van der Waals surface area contributed by atoms with Gasteiger partial charge in [0.05, 0.1) is 0 Å². The molecule has 0 N–H and O–H groups in total. The summed E-state index contributed by atoms with van der Waals surface area (Å²) in [6.45, 7) is 7.75. The molecule has 3 heteroatoms. The minimum absolute atomic E-state index is 0.589. The van der Waals surface area contributed by atoms with Gasteiger partial charge in [0.1, 0.15) is 0 Å². The normalized spacial score (nSPS) is 10.1. The number of benzene rings is 2. The van der Waals surface area contributed by atoms with Crippen LogP contribution in [-0.2, 0) is 15.3 Å². The van der Waals surface area contributed by atoms with E-state index in [1.54, 1.807) is 0 Å². The predicted octanol–water partition coefficient (Wildman–Crippen LogP) is 3.46. The van der Waals surface area contributed by atoms with Crippen molar-refractivity contribution < 1.29 is 8.85 Å². The summed E-state index contributed by atoms with van der Waals surface area (Å²) >= 11 is 0. The van der Waals surface area contributed by atoms with Crippen LogP contribution in [0.3, 0.4) is 0 Å². The second kappa shape index (κ2) is 9.73. The summed E-state index contributed by atoms with van der Waals surface area (Å²) in [5.74, 6) is 0. The van der Waals surface area contributed by atoms with E-state index in [1.807, 2.05) is 13.8 Å². The molecule has 0 bridgehead atoms. The van der Waals surface area contributed by atoms with Crippen LogP contribution in [0.1, 0.15) is 26.3 Å². The predicted molar refractivity (Wildman–Crippen MR) is 85.1 cm³/mol. The van der Waals surface area contributed by atoms with Crippen LogP contribution in [-0.4, -0.2) is 23.2 Å². The molecule has 0 aliphatic rings. The van der Waals surface area contributed by atoms with Crippen molar-refractivity contribution in [3.8, 4) is 0 Å². The van der Waals surface area contributed by atoms with E-state index in [0.29, 0.717) is 0 Å². The molecule has 2 rings (SSSR count). The van der Waals surface area contributed by atoms with Crippen LogP contribution in [0.5, 0.6) is 0 Å². The molecule has 0 unspecified atom stereocenters. The summed E-state index contributed by atoms with van der Waals surface area (Å²) < 4.78 is 9.98. The maximum absolute atomic E-state index is 4.99. The van der Waals surface area contributed by atoms with Crippen LogP contribution in [0.25, 0.3) is 10.8 Å².